The van der Waals surface area contributed by atoms with Gasteiger partial charge in [0.05, 0.1) is 18.7 Å². The van der Waals surface area contributed by atoms with Gasteiger partial charge in [-0.05, 0) is 24.3 Å². The van der Waals surface area contributed by atoms with E-state index in [1.165, 1.54) is 6.20 Å². The molecule has 0 aliphatic carbocycles. The Morgan fingerprint density at radius 1 is 1.39 bits per heavy atom. The van der Waals surface area contributed by atoms with Crippen molar-refractivity contribution in [1.29, 1.82) is 5.26 Å². The van der Waals surface area contributed by atoms with Crippen molar-refractivity contribution in [1.82, 2.24) is 9.88 Å². The fourth-order valence-electron chi connectivity index (χ4n) is 2.13. The van der Waals surface area contributed by atoms with Crippen molar-refractivity contribution in [3.05, 3.63) is 53.2 Å². The van der Waals surface area contributed by atoms with Crippen LogP contribution in [0.5, 0.6) is 5.88 Å². The first-order valence-corrected chi connectivity index (χ1v) is 7.36. The molecule has 2 heterocycles. The number of ether oxygens (including phenoxy) is 1. The number of likely N-dealkylation sites (tertiary alicyclic amines) is 1. The number of rotatable bonds is 3. The Hall–Kier alpha value is -2.78. The summed E-state index contributed by atoms with van der Waals surface area (Å²) in [6.45, 7) is 0.960. The number of nitriles is 1. The molecule has 0 atom stereocenters. The van der Waals surface area contributed by atoms with Crippen molar-refractivity contribution < 1.29 is 9.53 Å². The Morgan fingerprint density at radius 3 is 2.87 bits per heavy atom. The van der Waals surface area contributed by atoms with Crippen LogP contribution >= 0.6 is 11.6 Å². The van der Waals surface area contributed by atoms with E-state index in [1.807, 2.05) is 6.07 Å². The monoisotopic (exact) mass is 328 g/mol. The molecule has 1 aromatic carbocycles. The van der Waals surface area contributed by atoms with Crippen LogP contribution < -0.4 is 10.1 Å². The number of anilines is 1. The minimum atomic E-state index is -0.195. The number of aromatic nitrogens is 1. The summed E-state index contributed by atoms with van der Waals surface area (Å²) in [4.78, 5) is 17.7. The maximum absolute atomic E-state index is 12.1. The molecule has 3 rings (SSSR count). The number of carbonyl (C=O) groups is 1. The lowest BCUT2D eigenvalue weighted by molar-refractivity contribution is 0.0461. The fourth-order valence-corrected chi connectivity index (χ4v) is 2.32. The lowest BCUT2D eigenvalue weighted by atomic mass is 10.2. The predicted octanol–water partition coefficient (Wildman–Crippen LogP) is 2.90. The van der Waals surface area contributed by atoms with Crippen LogP contribution in [-0.4, -0.2) is 35.1 Å². The van der Waals surface area contributed by atoms with E-state index in [1.54, 1.807) is 41.3 Å². The molecule has 1 N–H and O–H groups in total. The van der Waals surface area contributed by atoms with E-state index in [4.69, 9.17) is 21.6 Å². The highest BCUT2D eigenvalue weighted by Crippen LogP contribution is 2.19. The van der Waals surface area contributed by atoms with Crippen molar-refractivity contribution in [2.45, 2.75) is 6.10 Å². The SMILES string of the molecule is N#Cc1ccc(OC2CN(C(=O)Nc3cccc(Cl)c3)C2)nc1. The van der Waals surface area contributed by atoms with Gasteiger partial charge < -0.3 is 15.0 Å². The van der Waals surface area contributed by atoms with Crippen LogP contribution in [0.2, 0.25) is 5.02 Å². The number of pyridine rings is 1. The summed E-state index contributed by atoms with van der Waals surface area (Å²) < 4.78 is 5.64. The molecule has 116 valence electrons. The van der Waals surface area contributed by atoms with Crippen LogP contribution in [0.4, 0.5) is 10.5 Å². The Labute approximate surface area is 138 Å². The molecule has 0 saturated carbocycles. The molecule has 1 saturated heterocycles. The molecule has 1 aliphatic rings. The fraction of sp³-hybridized carbons (Fsp3) is 0.188. The summed E-state index contributed by atoms with van der Waals surface area (Å²) in [6.07, 6.45) is 1.36. The van der Waals surface area contributed by atoms with Crippen molar-refractivity contribution >= 4 is 23.3 Å². The molecule has 0 radical (unpaired) electrons. The number of carbonyl (C=O) groups excluding carboxylic acids is 1. The first kappa shape index (κ1) is 15.1. The van der Waals surface area contributed by atoms with Gasteiger partial charge in [-0.1, -0.05) is 17.7 Å². The summed E-state index contributed by atoms with van der Waals surface area (Å²) in [5.74, 6) is 0.448. The highest BCUT2D eigenvalue weighted by Gasteiger charge is 2.32. The van der Waals surface area contributed by atoms with Gasteiger partial charge in [0.15, 0.2) is 0 Å². The van der Waals surface area contributed by atoms with Crippen LogP contribution in [0, 0.1) is 11.3 Å². The Balaban J connectivity index is 1.48. The van der Waals surface area contributed by atoms with Crippen LogP contribution in [0.15, 0.2) is 42.6 Å². The molecule has 6 nitrogen and oxygen atoms in total. The molecule has 7 heteroatoms. The third-order valence-corrected chi connectivity index (χ3v) is 3.60. The Bertz CT molecular complexity index is 751. The summed E-state index contributed by atoms with van der Waals surface area (Å²) in [5, 5.41) is 12.1. The van der Waals surface area contributed by atoms with E-state index in [2.05, 4.69) is 10.3 Å². The molecule has 0 spiro atoms. The minimum absolute atomic E-state index is 0.0967. The molecule has 1 aromatic heterocycles. The molecular formula is C16H13ClN4O2. The summed E-state index contributed by atoms with van der Waals surface area (Å²) in [6, 6.07) is 12.1. The van der Waals surface area contributed by atoms with Gasteiger partial charge in [0.1, 0.15) is 12.2 Å². The second kappa shape index (κ2) is 6.55. The molecule has 0 unspecified atom stereocenters. The molecule has 2 aromatic rings. The summed E-state index contributed by atoms with van der Waals surface area (Å²) in [7, 11) is 0. The first-order valence-electron chi connectivity index (χ1n) is 6.98. The van der Waals surface area contributed by atoms with E-state index in [-0.39, 0.29) is 12.1 Å². The standard InChI is InChI=1S/C16H13ClN4O2/c17-12-2-1-3-13(6-12)20-16(22)21-9-14(10-21)23-15-5-4-11(7-18)8-19-15/h1-6,8,14H,9-10H2,(H,20,22). The average molecular weight is 329 g/mol. The molecule has 1 aliphatic heterocycles. The topological polar surface area (TPSA) is 78.2 Å². The van der Waals surface area contributed by atoms with Gasteiger partial charge in [-0.15, -0.1) is 0 Å². The number of urea groups is 1. The van der Waals surface area contributed by atoms with E-state index < -0.39 is 0 Å². The smallest absolute Gasteiger partial charge is 0.322 e. The van der Waals surface area contributed by atoms with Gasteiger partial charge in [0, 0.05) is 23.0 Å². The highest BCUT2D eigenvalue weighted by molar-refractivity contribution is 6.30. The third kappa shape index (κ3) is 3.71. The minimum Gasteiger partial charge on any atom is -0.471 e. The van der Waals surface area contributed by atoms with Gasteiger partial charge in [-0.25, -0.2) is 9.78 Å². The van der Waals surface area contributed by atoms with Gasteiger partial charge >= 0.3 is 6.03 Å². The zero-order chi connectivity index (χ0) is 16.2. The van der Waals surface area contributed by atoms with Crippen LogP contribution in [-0.2, 0) is 0 Å². The van der Waals surface area contributed by atoms with Crippen molar-refractivity contribution in [2.24, 2.45) is 0 Å². The highest BCUT2D eigenvalue weighted by atomic mass is 35.5. The maximum atomic E-state index is 12.1. The number of hydrogen-bond acceptors (Lipinski definition) is 4. The molecular weight excluding hydrogens is 316 g/mol. The first-order chi connectivity index (χ1) is 11.1. The Morgan fingerprint density at radius 2 is 2.22 bits per heavy atom. The van der Waals surface area contributed by atoms with Crippen LogP contribution in [0.1, 0.15) is 5.56 Å². The molecule has 0 bridgehead atoms. The van der Waals surface area contributed by atoms with Crippen LogP contribution in [0.3, 0.4) is 0 Å². The zero-order valence-electron chi connectivity index (χ0n) is 12.1. The summed E-state index contributed by atoms with van der Waals surface area (Å²) >= 11 is 5.88. The second-order valence-electron chi connectivity index (χ2n) is 5.08. The third-order valence-electron chi connectivity index (χ3n) is 3.36. The lowest BCUT2D eigenvalue weighted by Gasteiger charge is -2.38. The van der Waals surface area contributed by atoms with E-state index in [0.717, 1.165) is 0 Å². The normalized spacial score (nSPS) is 13.8. The van der Waals surface area contributed by atoms with Gasteiger partial charge in [0.25, 0.3) is 0 Å². The molecule has 2 amide bonds. The summed E-state index contributed by atoms with van der Waals surface area (Å²) in [5.41, 5.74) is 1.13. The number of amides is 2. The number of nitrogens with one attached hydrogen (secondary N) is 1. The quantitative estimate of drug-likeness (QED) is 0.939. The molecule has 23 heavy (non-hydrogen) atoms. The molecule has 1 fully saturated rings. The zero-order valence-corrected chi connectivity index (χ0v) is 12.8. The number of nitrogens with zero attached hydrogens (tertiary/aromatic N) is 3. The predicted molar refractivity (Wildman–Crippen MR) is 85.4 cm³/mol. The number of halogens is 1. The number of benzene rings is 1. The largest absolute Gasteiger partial charge is 0.471 e. The van der Waals surface area contributed by atoms with Gasteiger partial charge in [-0.2, -0.15) is 5.26 Å². The number of hydrogen-bond donors (Lipinski definition) is 1. The van der Waals surface area contributed by atoms with Crippen molar-refractivity contribution in [3.63, 3.8) is 0 Å². The van der Waals surface area contributed by atoms with E-state index in [9.17, 15) is 4.79 Å². The van der Waals surface area contributed by atoms with E-state index in [0.29, 0.717) is 35.2 Å². The lowest BCUT2D eigenvalue weighted by Crippen LogP contribution is -2.57. The van der Waals surface area contributed by atoms with Crippen molar-refractivity contribution in [2.75, 3.05) is 18.4 Å². The van der Waals surface area contributed by atoms with E-state index >= 15 is 0 Å². The maximum Gasteiger partial charge on any atom is 0.322 e. The Kier molecular flexibility index (Phi) is 4.31. The average Bonchev–Trinajstić information content (AvgIpc) is 2.51. The van der Waals surface area contributed by atoms with Crippen molar-refractivity contribution in [3.8, 4) is 11.9 Å². The van der Waals surface area contributed by atoms with Gasteiger partial charge in [-0.3, -0.25) is 0 Å². The van der Waals surface area contributed by atoms with Gasteiger partial charge in [0.2, 0.25) is 5.88 Å². The van der Waals surface area contributed by atoms with Crippen LogP contribution in [0.25, 0.3) is 0 Å². The second-order valence-corrected chi connectivity index (χ2v) is 5.52.